The lowest BCUT2D eigenvalue weighted by Crippen LogP contribution is -2.60. The van der Waals surface area contributed by atoms with Gasteiger partial charge in [-0.15, -0.1) is 0 Å². The zero-order chi connectivity index (χ0) is 53.0. The van der Waals surface area contributed by atoms with E-state index in [0.717, 1.165) is 46.4 Å². The number of carbonyl (C=O) groups is 2. The van der Waals surface area contributed by atoms with Crippen molar-refractivity contribution in [1.82, 2.24) is 39.2 Å². The molecule has 4 unspecified atom stereocenters. The van der Waals surface area contributed by atoms with Crippen LogP contribution in [0.2, 0.25) is 10.0 Å². The summed E-state index contributed by atoms with van der Waals surface area (Å²) < 4.78 is 16.3. The number of fused-ring (bicyclic) bond motifs is 2. The topological polar surface area (TPSA) is 136 Å². The highest BCUT2D eigenvalue weighted by Gasteiger charge is 2.39. The molecule has 0 spiro atoms. The molecule has 4 aliphatic rings. The van der Waals surface area contributed by atoms with Crippen LogP contribution in [0.3, 0.4) is 0 Å². The van der Waals surface area contributed by atoms with Crippen LogP contribution in [0.4, 0.5) is 16.0 Å². The van der Waals surface area contributed by atoms with Crippen molar-refractivity contribution < 1.29 is 14.0 Å². The van der Waals surface area contributed by atoms with E-state index in [1.807, 2.05) is 60.6 Å². The Morgan fingerprint density at radius 3 is 2.03 bits per heavy atom. The van der Waals surface area contributed by atoms with E-state index in [2.05, 4.69) is 81.0 Å². The quantitative estimate of drug-likeness (QED) is 0.138. The van der Waals surface area contributed by atoms with E-state index in [0.29, 0.717) is 88.9 Å². The van der Waals surface area contributed by atoms with Gasteiger partial charge in [0.25, 0.3) is 0 Å². The number of carbonyl (C=O) groups excluding carboxylic acids is 2. The molecule has 3 fully saturated rings. The summed E-state index contributed by atoms with van der Waals surface area (Å²) >= 11 is 13.5. The zero-order valence-electron chi connectivity index (χ0n) is 43.6. The predicted molar refractivity (Wildman–Crippen MR) is 292 cm³/mol. The van der Waals surface area contributed by atoms with Crippen molar-refractivity contribution in [2.45, 2.75) is 118 Å². The molecule has 1 aromatic carbocycles. The highest BCUT2D eigenvalue weighted by atomic mass is 35.5. The van der Waals surface area contributed by atoms with Crippen LogP contribution in [0.5, 0.6) is 0 Å². The van der Waals surface area contributed by atoms with E-state index in [-0.39, 0.29) is 53.1 Å². The molecule has 384 valence electrons. The third kappa shape index (κ3) is 10.5. The Morgan fingerprint density at radius 1 is 0.822 bits per heavy atom. The van der Waals surface area contributed by atoms with Gasteiger partial charge < -0.3 is 24.5 Å². The third-order valence-electron chi connectivity index (χ3n) is 13.9. The maximum atomic E-state index is 14.7. The Bertz CT molecular complexity index is 3130. The molecule has 73 heavy (non-hydrogen) atoms. The SMILES string of the molecule is C=CC(=O)N1CC(C)N(C2=NC(=C)N(CC(C)(C)C)c3nc(-c4ccccc4F)c(Cl)cc32)CC1C.C=CC(=O)N1CC(C)N(c2nc(=O)n(-c3c(C)ccnc3C(C)C)c3nc(C4CC4)c(Cl)cc23)CC1C. The number of rotatable bonds is 8. The molecule has 4 aromatic heterocycles. The second kappa shape index (κ2) is 20.8. The van der Waals surface area contributed by atoms with Crippen LogP contribution in [0.15, 0.2) is 96.2 Å². The van der Waals surface area contributed by atoms with Crippen LogP contribution in [-0.4, -0.2) is 114 Å². The highest BCUT2D eigenvalue weighted by molar-refractivity contribution is 6.34. The Labute approximate surface area is 438 Å². The molecule has 14 nitrogen and oxygen atoms in total. The van der Waals surface area contributed by atoms with Crippen LogP contribution in [0, 0.1) is 18.2 Å². The van der Waals surface area contributed by atoms with Crippen molar-refractivity contribution in [3.63, 3.8) is 0 Å². The largest absolute Gasteiger partial charge is 0.355 e. The van der Waals surface area contributed by atoms with Gasteiger partial charge >= 0.3 is 5.69 Å². The standard InChI is InChI=1S/C28H33ClFN5O.C28H33ClN6O2/c1-8-24(36)33-14-18(3)34(15-17(33)2)26-21-13-22(29)25(20-11-9-10-12-23(20)30)32-27(21)35(19(4)31-26)16-28(5,6)7;1-7-22(36)33-13-18(6)34(14-17(33)5)26-20-12-21(29)24(19-8-9-19)31-27(20)35(28(37)32-26)25-16(4)10-11-30-23(25)15(2)3/h8-13,17-18H,1,4,14-16H2,2-3,5-7H3;7,10-12,15,17-19H,1,8-9,13-14H2,2-6H3. The number of nitrogens with zero attached hydrogens (tertiary/aromatic N) is 11. The van der Waals surface area contributed by atoms with E-state index in [1.54, 1.807) is 29.0 Å². The lowest BCUT2D eigenvalue weighted by molar-refractivity contribution is -0.131. The molecule has 7 heterocycles. The molecular formula is C56H66Cl2FN11O3. The van der Waals surface area contributed by atoms with E-state index in [1.165, 1.54) is 18.2 Å². The first-order chi connectivity index (χ1) is 34.5. The number of halogens is 3. The Balaban J connectivity index is 0.000000195. The molecule has 1 saturated carbocycles. The number of piperazine rings is 2. The molecule has 0 N–H and O–H groups in total. The van der Waals surface area contributed by atoms with Crippen molar-refractivity contribution >= 4 is 63.5 Å². The fraction of sp³-hybridized carbons (Fsp3) is 0.429. The number of benzene rings is 1. The molecular weight excluding hydrogens is 965 g/mol. The second-order valence-corrected chi connectivity index (χ2v) is 22.1. The summed E-state index contributed by atoms with van der Waals surface area (Å²) in [7, 11) is 0. The Hall–Kier alpha value is -6.45. The number of aromatic nitrogens is 5. The molecule has 3 aliphatic heterocycles. The number of amides is 2. The minimum Gasteiger partial charge on any atom is -0.349 e. The van der Waals surface area contributed by atoms with Gasteiger partial charge in [-0.3, -0.25) is 14.6 Å². The molecule has 4 atom stereocenters. The van der Waals surface area contributed by atoms with Crippen molar-refractivity contribution in [3.8, 4) is 16.9 Å². The zero-order valence-corrected chi connectivity index (χ0v) is 45.1. The first-order valence-electron chi connectivity index (χ1n) is 25.0. The van der Waals surface area contributed by atoms with Gasteiger partial charge in [0, 0.05) is 74.6 Å². The van der Waals surface area contributed by atoms with Crippen LogP contribution in [0.1, 0.15) is 110 Å². The normalized spacial score (nSPS) is 20.2. The number of aryl methyl sites for hydroxylation is 1. The number of hydrogen-bond acceptors (Lipinski definition) is 11. The summed E-state index contributed by atoms with van der Waals surface area (Å²) in [6.07, 6.45) is 6.55. The number of aliphatic imine (C=N–C) groups is 1. The van der Waals surface area contributed by atoms with Gasteiger partial charge in [-0.05, 0) is 107 Å². The number of anilines is 2. The van der Waals surface area contributed by atoms with Crippen molar-refractivity contribution in [1.29, 1.82) is 0 Å². The molecule has 17 heteroatoms. The summed E-state index contributed by atoms with van der Waals surface area (Å²) in [5.41, 5.74) is 4.86. The summed E-state index contributed by atoms with van der Waals surface area (Å²) in [5, 5.41) is 1.65. The molecule has 1 aliphatic carbocycles. The van der Waals surface area contributed by atoms with Gasteiger partial charge in [0.1, 0.15) is 29.1 Å². The third-order valence-corrected chi connectivity index (χ3v) is 14.5. The van der Waals surface area contributed by atoms with Crippen molar-refractivity contribution in [2.75, 3.05) is 42.5 Å². The minimum absolute atomic E-state index is 0.0105. The molecule has 9 rings (SSSR count). The van der Waals surface area contributed by atoms with E-state index < -0.39 is 5.69 Å². The maximum Gasteiger partial charge on any atom is 0.355 e. The van der Waals surface area contributed by atoms with Gasteiger partial charge in [-0.1, -0.05) is 89.7 Å². The highest BCUT2D eigenvalue weighted by Crippen LogP contribution is 2.44. The van der Waals surface area contributed by atoms with Gasteiger partial charge in [0.2, 0.25) is 11.8 Å². The fourth-order valence-electron chi connectivity index (χ4n) is 10.1. The number of hydrogen-bond donors (Lipinski definition) is 0. The first-order valence-corrected chi connectivity index (χ1v) is 25.8. The maximum absolute atomic E-state index is 14.7. The molecule has 2 saturated heterocycles. The Morgan fingerprint density at radius 2 is 1.44 bits per heavy atom. The van der Waals surface area contributed by atoms with Crippen molar-refractivity contribution in [3.05, 3.63) is 135 Å². The van der Waals surface area contributed by atoms with E-state index >= 15 is 0 Å². The second-order valence-electron chi connectivity index (χ2n) is 21.3. The summed E-state index contributed by atoms with van der Waals surface area (Å²) in [6, 6.07) is 11.9. The predicted octanol–water partition coefficient (Wildman–Crippen LogP) is 10.5. The van der Waals surface area contributed by atoms with Gasteiger partial charge in [-0.25, -0.2) is 28.7 Å². The molecule has 0 radical (unpaired) electrons. The summed E-state index contributed by atoms with van der Waals surface area (Å²) in [4.78, 5) is 72.6. The lowest BCUT2D eigenvalue weighted by Gasteiger charge is -2.46. The monoisotopic (exact) mass is 1030 g/mol. The lowest BCUT2D eigenvalue weighted by atomic mass is 9.95. The average molecular weight is 1030 g/mol. The van der Waals surface area contributed by atoms with Gasteiger partial charge in [0.15, 0.2) is 5.65 Å². The fourth-order valence-corrected chi connectivity index (χ4v) is 10.6. The minimum atomic E-state index is -0.401. The van der Waals surface area contributed by atoms with E-state index in [4.69, 9.17) is 38.2 Å². The molecule has 0 bridgehead atoms. The number of amidine groups is 1. The first kappa shape index (κ1) is 52.9. The van der Waals surface area contributed by atoms with Crippen LogP contribution in [0.25, 0.3) is 28.0 Å². The van der Waals surface area contributed by atoms with Gasteiger partial charge in [0.05, 0.1) is 43.8 Å². The Kier molecular flexibility index (Phi) is 15.1. The summed E-state index contributed by atoms with van der Waals surface area (Å²) in [6.45, 7) is 34.9. The molecule has 5 aromatic rings. The summed E-state index contributed by atoms with van der Waals surface area (Å²) in [5.74, 6) is 2.30. The average Bonchev–Trinajstić information content (AvgIpc) is 4.19. The number of pyridine rings is 3. The van der Waals surface area contributed by atoms with Crippen molar-refractivity contribution in [2.24, 2.45) is 10.4 Å². The van der Waals surface area contributed by atoms with Crippen LogP contribution >= 0.6 is 23.2 Å². The van der Waals surface area contributed by atoms with E-state index in [9.17, 15) is 18.8 Å². The van der Waals surface area contributed by atoms with Gasteiger partial charge in [-0.2, -0.15) is 4.98 Å². The smallest absolute Gasteiger partial charge is 0.349 e. The van der Waals surface area contributed by atoms with Crippen LogP contribution < -0.4 is 15.5 Å². The molecule has 2 amide bonds. The van der Waals surface area contributed by atoms with Crippen LogP contribution in [-0.2, 0) is 9.59 Å².